The molecule has 0 amide bonds. The van der Waals surface area contributed by atoms with E-state index in [0.717, 1.165) is 6.66 Å². The molecule has 10 heteroatoms. The van der Waals surface area contributed by atoms with Gasteiger partial charge in [-0.2, -0.15) is 13.1 Å². The van der Waals surface area contributed by atoms with Crippen LogP contribution in [-0.2, 0) is 23.7 Å². The van der Waals surface area contributed by atoms with Crippen molar-refractivity contribution in [1.29, 1.82) is 0 Å². The van der Waals surface area contributed by atoms with Gasteiger partial charge >= 0.3 is 10.1 Å². The Balaban J connectivity index is 3.20. The molecule has 1 aromatic rings. The van der Waals surface area contributed by atoms with Crippen LogP contribution in [0.4, 0.5) is 13.2 Å². The van der Waals surface area contributed by atoms with Gasteiger partial charge in [-0.15, -0.1) is 0 Å². The van der Waals surface area contributed by atoms with Crippen LogP contribution in [0.5, 0.6) is 0 Å². The third-order valence-corrected chi connectivity index (χ3v) is 3.03. The molecule has 0 heterocycles. The summed E-state index contributed by atoms with van der Waals surface area (Å²) in [5, 5.41) is 0. The van der Waals surface area contributed by atoms with Crippen LogP contribution in [0.25, 0.3) is 0 Å². The molecule has 96 valence electrons. The third-order valence-electron chi connectivity index (χ3n) is 1.45. The molecular weight excluding hydrogens is 284 g/mol. The van der Waals surface area contributed by atoms with Crippen molar-refractivity contribution in [3.05, 3.63) is 29.6 Å². The monoisotopic (exact) mass is 290 g/mol. The van der Waals surface area contributed by atoms with E-state index in [1.54, 1.807) is 0 Å². The molecule has 1 aromatic carbocycles. The van der Waals surface area contributed by atoms with Gasteiger partial charge in [0.15, 0.2) is 4.90 Å². The van der Waals surface area contributed by atoms with Gasteiger partial charge < -0.3 is 0 Å². The number of rotatable bonds is 4. The molecule has 0 aliphatic heterocycles. The quantitative estimate of drug-likeness (QED) is 0.481. The molecule has 0 aromatic heterocycles. The maximum Gasteiger partial charge on any atom is 0.329 e. The van der Waals surface area contributed by atoms with Gasteiger partial charge in [-0.25, -0.2) is 13.2 Å². The summed E-state index contributed by atoms with van der Waals surface area (Å²) in [7, 11) is -7.73. The van der Waals surface area contributed by atoms with E-state index in [-0.39, 0.29) is 12.1 Å². The molecule has 0 aliphatic rings. The predicted octanol–water partition coefficient (Wildman–Crippen LogP) is 1.85. The van der Waals surface area contributed by atoms with Crippen LogP contribution in [0, 0.1) is 17.5 Å². The molecule has 0 saturated carbocycles. The lowest BCUT2D eigenvalue weighted by Crippen LogP contribution is -2.10. The van der Waals surface area contributed by atoms with E-state index in [0.29, 0.717) is 0 Å². The molecule has 0 spiro atoms. The zero-order chi connectivity index (χ0) is 13.2. The minimum Gasteiger partial charge on any atom is -0.294 e. The minimum absolute atomic E-state index is 0.161. The molecule has 0 fully saturated rings. The third kappa shape index (κ3) is 3.53. The summed E-state index contributed by atoms with van der Waals surface area (Å²) in [4.78, 5) is -1.51. The summed E-state index contributed by atoms with van der Waals surface area (Å²) in [6.07, 6.45) is 0. The Morgan fingerprint density at radius 3 is 2.06 bits per heavy atom. The van der Waals surface area contributed by atoms with E-state index < -0.39 is 40.5 Å². The molecule has 0 bridgehead atoms. The van der Waals surface area contributed by atoms with E-state index in [4.69, 9.17) is 0 Å². The Morgan fingerprint density at radius 2 is 1.65 bits per heavy atom. The maximum atomic E-state index is 13.1. The Labute approximate surface area is 95.1 Å². The topological polar surface area (TPSA) is 69.7 Å². The van der Waals surface area contributed by atoms with Gasteiger partial charge in [0.1, 0.15) is 17.5 Å². The Kier molecular flexibility index (Phi) is 4.31. The van der Waals surface area contributed by atoms with Gasteiger partial charge in [-0.05, 0) is 0 Å². The molecule has 1 atom stereocenters. The molecular formula is C7H6F3O5PS. The second-order valence-corrected chi connectivity index (χ2v) is 5.40. The SMILES string of the molecule is C[PH](=O)OOS(=O)(=O)c1c(F)cc(F)cc1F. The highest BCUT2D eigenvalue weighted by molar-refractivity contribution is 7.86. The van der Waals surface area contributed by atoms with Crippen molar-refractivity contribution in [3.8, 4) is 0 Å². The fraction of sp³-hybridized carbons (Fsp3) is 0.143. The lowest BCUT2D eigenvalue weighted by molar-refractivity contribution is -0.0837. The molecule has 17 heavy (non-hydrogen) atoms. The van der Waals surface area contributed by atoms with E-state index in [2.05, 4.69) is 9.01 Å². The van der Waals surface area contributed by atoms with E-state index in [9.17, 15) is 26.2 Å². The first kappa shape index (κ1) is 14.2. The average Bonchev–Trinajstić information content (AvgIpc) is 2.12. The van der Waals surface area contributed by atoms with Crippen molar-refractivity contribution in [3.63, 3.8) is 0 Å². The second-order valence-electron chi connectivity index (χ2n) is 2.80. The van der Waals surface area contributed by atoms with Crippen molar-refractivity contribution < 1.29 is 35.2 Å². The first-order chi connectivity index (χ1) is 7.74. The highest BCUT2D eigenvalue weighted by Crippen LogP contribution is 2.25. The van der Waals surface area contributed by atoms with Gasteiger partial charge in [0.05, 0.1) is 0 Å². The zero-order valence-electron chi connectivity index (χ0n) is 8.24. The summed E-state index contributed by atoms with van der Waals surface area (Å²) < 4.78 is 79.1. The standard InChI is InChI=1S/C7H6F3O5PS/c1-16(11)14-15-17(12,13)7-5(9)2-4(8)3-6(7)10/h2-3,16H,1H3. The second kappa shape index (κ2) is 5.18. The van der Waals surface area contributed by atoms with Crippen molar-refractivity contribution >= 4 is 18.1 Å². The average molecular weight is 290 g/mol. The highest BCUT2D eigenvalue weighted by atomic mass is 32.2. The Bertz CT molecular complexity index is 536. The summed E-state index contributed by atoms with van der Waals surface area (Å²) in [5.74, 6) is -4.65. The van der Waals surface area contributed by atoms with Crippen molar-refractivity contribution in [2.24, 2.45) is 0 Å². The van der Waals surface area contributed by atoms with Crippen LogP contribution in [-0.4, -0.2) is 15.1 Å². The summed E-state index contributed by atoms with van der Waals surface area (Å²) >= 11 is 0. The Morgan fingerprint density at radius 1 is 1.18 bits per heavy atom. The van der Waals surface area contributed by atoms with Crippen molar-refractivity contribution in [2.75, 3.05) is 6.66 Å². The van der Waals surface area contributed by atoms with Crippen LogP contribution < -0.4 is 0 Å². The zero-order valence-corrected chi connectivity index (χ0v) is 10.1. The fourth-order valence-electron chi connectivity index (χ4n) is 0.895. The molecule has 0 saturated heterocycles. The first-order valence-electron chi connectivity index (χ1n) is 4.00. The number of hydrogen-bond donors (Lipinski definition) is 0. The number of halogens is 3. The lowest BCUT2D eigenvalue weighted by Gasteiger charge is -2.05. The van der Waals surface area contributed by atoms with Gasteiger partial charge in [0, 0.05) is 18.8 Å². The number of hydrogen-bond acceptors (Lipinski definition) is 5. The molecule has 0 radical (unpaired) electrons. The molecule has 0 N–H and O–H groups in total. The maximum absolute atomic E-state index is 13.1. The van der Waals surface area contributed by atoms with Gasteiger partial charge in [0.2, 0.25) is 8.03 Å². The smallest absolute Gasteiger partial charge is 0.294 e. The molecule has 5 nitrogen and oxygen atoms in total. The van der Waals surface area contributed by atoms with Crippen LogP contribution in [0.3, 0.4) is 0 Å². The van der Waals surface area contributed by atoms with Gasteiger partial charge in [0.25, 0.3) is 0 Å². The summed E-state index contributed by atoms with van der Waals surface area (Å²) in [5.41, 5.74) is 0. The van der Waals surface area contributed by atoms with E-state index in [1.165, 1.54) is 0 Å². The lowest BCUT2D eigenvalue weighted by atomic mass is 10.3. The van der Waals surface area contributed by atoms with Crippen molar-refractivity contribution in [2.45, 2.75) is 4.90 Å². The number of benzene rings is 1. The first-order valence-corrected chi connectivity index (χ1v) is 7.23. The largest absolute Gasteiger partial charge is 0.329 e. The fourth-order valence-corrected chi connectivity index (χ4v) is 2.30. The van der Waals surface area contributed by atoms with Gasteiger partial charge in [-0.3, -0.25) is 4.57 Å². The summed E-state index contributed by atoms with van der Waals surface area (Å²) in [6, 6.07) is 0.322. The molecule has 1 rings (SSSR count). The normalized spacial score (nSPS) is 13.6. The Hall–Kier alpha value is -0.890. The molecule has 1 unspecified atom stereocenters. The van der Waals surface area contributed by atoms with Crippen LogP contribution in [0.1, 0.15) is 0 Å². The van der Waals surface area contributed by atoms with Crippen LogP contribution >= 0.6 is 8.03 Å². The van der Waals surface area contributed by atoms with Crippen LogP contribution in [0.15, 0.2) is 17.0 Å². The minimum atomic E-state index is -4.95. The van der Waals surface area contributed by atoms with E-state index >= 15 is 0 Å². The highest BCUT2D eigenvalue weighted by Gasteiger charge is 2.27. The van der Waals surface area contributed by atoms with Crippen LogP contribution in [0.2, 0.25) is 0 Å². The van der Waals surface area contributed by atoms with E-state index in [1.807, 2.05) is 0 Å². The van der Waals surface area contributed by atoms with Crippen molar-refractivity contribution in [1.82, 2.24) is 0 Å². The molecule has 0 aliphatic carbocycles. The predicted molar refractivity (Wildman–Crippen MR) is 50.6 cm³/mol. The van der Waals surface area contributed by atoms with Gasteiger partial charge in [-0.1, -0.05) is 4.33 Å². The summed E-state index contributed by atoms with van der Waals surface area (Å²) in [6.45, 7) is 0.998.